The molecule has 174 valence electrons. The van der Waals surface area contributed by atoms with Crippen LogP contribution in [0.5, 0.6) is 0 Å². The molecule has 0 aliphatic carbocycles. The van der Waals surface area contributed by atoms with Gasteiger partial charge in [-0.15, -0.1) is 11.3 Å². The highest BCUT2D eigenvalue weighted by Crippen LogP contribution is 2.31. The highest BCUT2D eigenvalue weighted by molar-refractivity contribution is 7.14. The summed E-state index contributed by atoms with van der Waals surface area (Å²) in [6.45, 7) is 4.93. The zero-order chi connectivity index (χ0) is 24.4. The summed E-state index contributed by atoms with van der Waals surface area (Å²) >= 11 is 7.36. The minimum absolute atomic E-state index is 0.0901. The smallest absolute Gasteiger partial charge is 0.338 e. The molecule has 0 atom stereocenters. The number of aromatic nitrogens is 3. The molecule has 0 aliphatic rings. The summed E-state index contributed by atoms with van der Waals surface area (Å²) in [5, 5.41) is 6.95. The lowest BCUT2D eigenvalue weighted by atomic mass is 10.2. The van der Waals surface area contributed by atoms with Crippen LogP contribution in [0.4, 0.5) is 15.2 Å². The number of halogens is 2. The Morgan fingerprint density at radius 1 is 1.15 bits per heavy atom. The monoisotopic (exact) mass is 498 g/mol. The van der Waals surface area contributed by atoms with E-state index >= 15 is 0 Å². The van der Waals surface area contributed by atoms with Crippen molar-refractivity contribution in [2.24, 2.45) is 0 Å². The second-order valence-corrected chi connectivity index (χ2v) is 8.66. The number of thiazole rings is 1. The molecule has 34 heavy (non-hydrogen) atoms. The number of hydrogen-bond acceptors (Lipinski definition) is 6. The summed E-state index contributed by atoms with van der Waals surface area (Å²) in [6, 6.07) is 12.8. The van der Waals surface area contributed by atoms with Crippen LogP contribution in [0, 0.1) is 19.7 Å². The number of benzene rings is 2. The standard InChI is InChI=1S/C24H20ClFN4O3S/c1-14-22(25)15(2)30(28-14)19-10-8-17(9-11-19)23(32)33-12-18-13-34-24(27-18)29(16(3)31)21-7-5-4-6-20(21)26/h4-11,13H,12H2,1-3H3. The van der Waals surface area contributed by atoms with E-state index in [4.69, 9.17) is 16.3 Å². The summed E-state index contributed by atoms with van der Waals surface area (Å²) in [5.41, 5.74) is 3.23. The van der Waals surface area contributed by atoms with E-state index < -0.39 is 11.8 Å². The normalized spacial score (nSPS) is 10.9. The molecule has 0 aliphatic heterocycles. The van der Waals surface area contributed by atoms with Gasteiger partial charge in [0.2, 0.25) is 5.91 Å². The van der Waals surface area contributed by atoms with E-state index in [1.807, 2.05) is 13.8 Å². The molecule has 0 N–H and O–H groups in total. The van der Waals surface area contributed by atoms with Crippen molar-refractivity contribution >= 4 is 45.6 Å². The zero-order valence-corrected chi connectivity index (χ0v) is 20.2. The number of carbonyl (C=O) groups is 2. The second-order valence-electron chi connectivity index (χ2n) is 7.45. The van der Waals surface area contributed by atoms with Gasteiger partial charge in [0, 0.05) is 12.3 Å². The third-order valence-electron chi connectivity index (χ3n) is 5.04. The van der Waals surface area contributed by atoms with Gasteiger partial charge in [0.05, 0.1) is 39.0 Å². The number of rotatable bonds is 6. The molecule has 0 bridgehead atoms. The summed E-state index contributed by atoms with van der Waals surface area (Å²) < 4.78 is 21.3. The number of nitrogens with zero attached hydrogens (tertiary/aromatic N) is 4. The second kappa shape index (κ2) is 9.74. The SMILES string of the molecule is CC(=O)N(c1nc(COC(=O)c2ccc(-n3nc(C)c(Cl)c3C)cc2)cs1)c1ccccc1F. The lowest BCUT2D eigenvalue weighted by molar-refractivity contribution is -0.115. The Bertz CT molecular complexity index is 1370. The van der Waals surface area contributed by atoms with E-state index in [9.17, 15) is 14.0 Å². The van der Waals surface area contributed by atoms with Crippen molar-refractivity contribution in [1.29, 1.82) is 0 Å². The molecule has 0 radical (unpaired) electrons. The van der Waals surface area contributed by atoms with Crippen molar-refractivity contribution in [1.82, 2.24) is 14.8 Å². The van der Waals surface area contributed by atoms with Crippen LogP contribution < -0.4 is 4.90 Å². The fourth-order valence-electron chi connectivity index (χ4n) is 3.34. The zero-order valence-electron chi connectivity index (χ0n) is 18.6. The Balaban J connectivity index is 1.44. The average molecular weight is 499 g/mol. The predicted octanol–water partition coefficient (Wildman–Crippen LogP) is 5.78. The van der Waals surface area contributed by atoms with Crippen molar-refractivity contribution in [2.45, 2.75) is 27.4 Å². The van der Waals surface area contributed by atoms with Crippen molar-refractivity contribution in [3.05, 3.63) is 87.4 Å². The van der Waals surface area contributed by atoms with Crippen molar-refractivity contribution in [3.8, 4) is 5.69 Å². The van der Waals surface area contributed by atoms with Gasteiger partial charge >= 0.3 is 5.97 Å². The molecule has 0 fully saturated rings. The summed E-state index contributed by atoms with van der Waals surface area (Å²) in [5.74, 6) is -1.44. The van der Waals surface area contributed by atoms with Gasteiger partial charge in [-0.2, -0.15) is 5.10 Å². The first-order chi connectivity index (χ1) is 16.3. The van der Waals surface area contributed by atoms with Crippen LogP contribution in [0.15, 0.2) is 53.9 Å². The molecule has 10 heteroatoms. The van der Waals surface area contributed by atoms with Crippen LogP contribution in [0.1, 0.15) is 34.4 Å². The number of carbonyl (C=O) groups excluding carboxylic acids is 2. The fraction of sp³-hybridized carbons (Fsp3) is 0.167. The van der Waals surface area contributed by atoms with Gasteiger partial charge in [-0.1, -0.05) is 23.7 Å². The maximum atomic E-state index is 14.2. The lowest BCUT2D eigenvalue weighted by Crippen LogP contribution is -2.23. The van der Waals surface area contributed by atoms with Gasteiger partial charge < -0.3 is 4.74 Å². The van der Waals surface area contributed by atoms with E-state index in [2.05, 4.69) is 10.1 Å². The lowest BCUT2D eigenvalue weighted by Gasteiger charge is -2.18. The van der Waals surface area contributed by atoms with Crippen molar-refractivity contribution in [2.75, 3.05) is 4.90 Å². The van der Waals surface area contributed by atoms with Gasteiger partial charge in [0.1, 0.15) is 12.4 Å². The van der Waals surface area contributed by atoms with E-state index in [0.29, 0.717) is 16.3 Å². The van der Waals surface area contributed by atoms with Gasteiger partial charge in [-0.05, 0) is 50.2 Å². The minimum atomic E-state index is -0.535. The van der Waals surface area contributed by atoms with Crippen molar-refractivity contribution in [3.63, 3.8) is 0 Å². The average Bonchev–Trinajstić information content (AvgIpc) is 3.39. The molecule has 0 saturated carbocycles. The maximum Gasteiger partial charge on any atom is 0.338 e. The van der Waals surface area contributed by atoms with Crippen LogP contribution >= 0.6 is 22.9 Å². The summed E-state index contributed by atoms with van der Waals surface area (Å²) in [7, 11) is 0. The van der Waals surface area contributed by atoms with E-state index in [1.165, 1.54) is 24.0 Å². The van der Waals surface area contributed by atoms with E-state index in [1.54, 1.807) is 46.5 Å². The first kappa shape index (κ1) is 23.6. The topological polar surface area (TPSA) is 77.3 Å². The van der Waals surface area contributed by atoms with Crippen LogP contribution in [-0.4, -0.2) is 26.6 Å². The number of aryl methyl sites for hydroxylation is 1. The van der Waals surface area contributed by atoms with Gasteiger partial charge in [0.15, 0.2) is 5.13 Å². The molecule has 7 nitrogen and oxygen atoms in total. The molecular weight excluding hydrogens is 479 g/mol. The summed E-state index contributed by atoms with van der Waals surface area (Å²) in [6.07, 6.45) is 0. The number of hydrogen-bond donors (Lipinski definition) is 0. The maximum absolute atomic E-state index is 14.2. The Morgan fingerprint density at radius 2 is 1.85 bits per heavy atom. The highest BCUT2D eigenvalue weighted by atomic mass is 35.5. The molecule has 0 spiro atoms. The quantitative estimate of drug-likeness (QED) is 0.315. The third kappa shape index (κ3) is 4.71. The largest absolute Gasteiger partial charge is 0.456 e. The number of amides is 1. The molecular formula is C24H20ClFN4O3S. The van der Waals surface area contributed by atoms with Gasteiger partial charge in [-0.3, -0.25) is 9.69 Å². The Kier molecular flexibility index (Phi) is 6.76. The van der Waals surface area contributed by atoms with Crippen molar-refractivity contribution < 1.29 is 18.7 Å². The first-order valence-corrected chi connectivity index (χ1v) is 11.5. The number of esters is 1. The molecule has 4 aromatic rings. The molecule has 2 aromatic heterocycles. The number of para-hydroxylation sites is 1. The minimum Gasteiger partial charge on any atom is -0.456 e. The molecule has 1 amide bonds. The third-order valence-corrected chi connectivity index (χ3v) is 6.46. The number of anilines is 2. The molecule has 2 heterocycles. The molecule has 0 saturated heterocycles. The van der Waals surface area contributed by atoms with Crippen LogP contribution in [0.2, 0.25) is 5.02 Å². The molecule has 0 unspecified atom stereocenters. The Morgan fingerprint density at radius 3 is 2.47 bits per heavy atom. The van der Waals surface area contributed by atoms with Crippen LogP contribution in [0.25, 0.3) is 5.69 Å². The fourth-order valence-corrected chi connectivity index (χ4v) is 4.32. The Labute approximate surface area is 204 Å². The molecule has 2 aromatic carbocycles. The van der Waals surface area contributed by atoms with E-state index in [0.717, 1.165) is 28.4 Å². The van der Waals surface area contributed by atoms with E-state index in [-0.39, 0.29) is 23.3 Å². The summed E-state index contributed by atoms with van der Waals surface area (Å²) in [4.78, 5) is 30.2. The highest BCUT2D eigenvalue weighted by Gasteiger charge is 2.21. The molecule has 4 rings (SSSR count). The Hall–Kier alpha value is -3.56. The predicted molar refractivity (Wildman–Crippen MR) is 129 cm³/mol. The van der Waals surface area contributed by atoms with Crippen LogP contribution in [0.3, 0.4) is 0 Å². The number of ether oxygens (including phenoxy) is 1. The van der Waals surface area contributed by atoms with Gasteiger partial charge in [0.25, 0.3) is 0 Å². The van der Waals surface area contributed by atoms with Crippen LogP contribution in [-0.2, 0) is 16.1 Å². The first-order valence-electron chi connectivity index (χ1n) is 10.2. The van der Waals surface area contributed by atoms with Gasteiger partial charge in [-0.25, -0.2) is 18.9 Å².